The first kappa shape index (κ1) is 22.3. The molecule has 0 saturated heterocycles. The zero-order valence-corrected chi connectivity index (χ0v) is 20.7. The third-order valence-corrected chi connectivity index (χ3v) is 7.72. The normalized spacial score (nSPS) is 23.9. The summed E-state index contributed by atoms with van der Waals surface area (Å²) in [4.78, 5) is 7.16. The van der Waals surface area contributed by atoms with Crippen LogP contribution in [0.2, 0.25) is 5.02 Å². The van der Waals surface area contributed by atoms with Crippen LogP contribution < -0.4 is 10.2 Å². The van der Waals surface area contributed by atoms with E-state index < -0.39 is 0 Å². The van der Waals surface area contributed by atoms with E-state index in [0.717, 1.165) is 42.9 Å². The van der Waals surface area contributed by atoms with Crippen LogP contribution in [0.25, 0.3) is 0 Å². The predicted octanol–water partition coefficient (Wildman–Crippen LogP) is 7.55. The fourth-order valence-corrected chi connectivity index (χ4v) is 5.79. The number of amidine groups is 1. The maximum absolute atomic E-state index is 6.66. The molecule has 164 valence electrons. The van der Waals surface area contributed by atoms with Gasteiger partial charge in [-0.25, -0.2) is 4.99 Å². The van der Waals surface area contributed by atoms with Crippen LogP contribution in [-0.4, -0.2) is 16.5 Å². The number of benzene rings is 2. The summed E-state index contributed by atoms with van der Waals surface area (Å²) in [6.07, 6.45) is 4.27. The first-order valence-electron chi connectivity index (χ1n) is 11.1. The van der Waals surface area contributed by atoms with E-state index in [1.54, 1.807) is 0 Å². The minimum atomic E-state index is -0.293. The van der Waals surface area contributed by atoms with Crippen molar-refractivity contribution in [2.45, 2.75) is 65.8 Å². The van der Waals surface area contributed by atoms with Crippen molar-refractivity contribution in [3.8, 4) is 0 Å². The number of aryl methyl sites for hydroxylation is 2. The molecule has 5 heteroatoms. The molecule has 0 atom stereocenters. The molecule has 1 spiro atoms. The van der Waals surface area contributed by atoms with E-state index in [9.17, 15) is 0 Å². The Labute approximate surface area is 196 Å². The fourth-order valence-electron chi connectivity index (χ4n) is 5.20. The van der Waals surface area contributed by atoms with E-state index in [1.807, 2.05) is 18.2 Å². The molecule has 2 aliphatic rings. The third-order valence-electron chi connectivity index (χ3n) is 7.12. The second kappa shape index (κ2) is 8.22. The molecule has 2 aromatic carbocycles. The van der Waals surface area contributed by atoms with Crippen molar-refractivity contribution in [3.63, 3.8) is 0 Å². The number of nitrogens with one attached hydrogen (secondary N) is 1. The van der Waals surface area contributed by atoms with Crippen molar-refractivity contribution in [3.05, 3.63) is 58.6 Å². The molecule has 31 heavy (non-hydrogen) atoms. The van der Waals surface area contributed by atoms with Crippen molar-refractivity contribution in [2.75, 3.05) is 10.2 Å². The van der Waals surface area contributed by atoms with Crippen molar-refractivity contribution < 1.29 is 0 Å². The number of aliphatic imine (C=N–C) groups is 1. The fraction of sp³-hybridized carbons (Fsp3) is 0.462. The van der Waals surface area contributed by atoms with Crippen molar-refractivity contribution in [2.24, 2.45) is 16.3 Å². The SMILES string of the molecule is Cc1cccc(C)c1NC1=NC(=S)N(c2ccccc2Cl)C12CCC(C(C)(C)C)CC2. The van der Waals surface area contributed by atoms with Gasteiger partial charge in [0.2, 0.25) is 5.11 Å². The van der Waals surface area contributed by atoms with Crippen LogP contribution in [0.3, 0.4) is 0 Å². The van der Waals surface area contributed by atoms with Gasteiger partial charge in [-0.3, -0.25) is 0 Å². The molecule has 0 bridgehead atoms. The number of hydrogen-bond donors (Lipinski definition) is 1. The van der Waals surface area contributed by atoms with Gasteiger partial charge >= 0.3 is 0 Å². The quantitative estimate of drug-likeness (QED) is 0.475. The maximum atomic E-state index is 6.66. The molecule has 0 amide bonds. The Morgan fingerprint density at radius 1 is 1.03 bits per heavy atom. The highest BCUT2D eigenvalue weighted by molar-refractivity contribution is 7.80. The number of halogens is 1. The Kier molecular flexibility index (Phi) is 5.91. The lowest BCUT2D eigenvalue weighted by atomic mass is 9.66. The lowest BCUT2D eigenvalue weighted by molar-refractivity contribution is 0.158. The van der Waals surface area contributed by atoms with Gasteiger partial charge in [-0.15, -0.1) is 0 Å². The summed E-state index contributed by atoms with van der Waals surface area (Å²) < 4.78 is 0. The van der Waals surface area contributed by atoms with E-state index >= 15 is 0 Å². The van der Waals surface area contributed by atoms with Crippen LogP contribution in [0, 0.1) is 25.2 Å². The molecular weight excluding hydrogens is 422 g/mol. The van der Waals surface area contributed by atoms with Gasteiger partial charge in [0.05, 0.1) is 10.7 Å². The Morgan fingerprint density at radius 3 is 2.23 bits per heavy atom. The highest BCUT2D eigenvalue weighted by Gasteiger charge is 2.52. The van der Waals surface area contributed by atoms with E-state index in [2.05, 4.69) is 69.1 Å². The van der Waals surface area contributed by atoms with Crippen molar-refractivity contribution in [1.82, 2.24) is 0 Å². The molecular formula is C26H32ClN3S. The van der Waals surface area contributed by atoms with Crippen LogP contribution in [0.4, 0.5) is 11.4 Å². The average Bonchev–Trinajstić information content (AvgIpc) is 2.96. The molecule has 3 nitrogen and oxygen atoms in total. The van der Waals surface area contributed by atoms with E-state index in [0.29, 0.717) is 21.5 Å². The van der Waals surface area contributed by atoms with Gasteiger partial charge in [0, 0.05) is 5.69 Å². The first-order chi connectivity index (χ1) is 14.6. The molecule has 0 radical (unpaired) electrons. The summed E-state index contributed by atoms with van der Waals surface area (Å²) in [5, 5.41) is 5.03. The van der Waals surface area contributed by atoms with Crippen LogP contribution in [-0.2, 0) is 0 Å². The Bertz CT molecular complexity index is 1010. The molecule has 2 aromatic rings. The zero-order chi connectivity index (χ0) is 22.4. The summed E-state index contributed by atoms with van der Waals surface area (Å²) in [5.41, 5.74) is 4.51. The van der Waals surface area contributed by atoms with Crippen LogP contribution in [0.1, 0.15) is 57.6 Å². The average molecular weight is 454 g/mol. The second-order valence-corrected chi connectivity index (χ2v) is 10.9. The van der Waals surface area contributed by atoms with Gasteiger partial charge in [-0.1, -0.05) is 62.7 Å². The van der Waals surface area contributed by atoms with Gasteiger partial charge in [-0.05, 0) is 86.3 Å². The zero-order valence-electron chi connectivity index (χ0n) is 19.1. The van der Waals surface area contributed by atoms with Gasteiger partial charge in [0.1, 0.15) is 11.4 Å². The highest BCUT2D eigenvalue weighted by Crippen LogP contribution is 2.49. The molecule has 1 heterocycles. The summed E-state index contributed by atoms with van der Waals surface area (Å²) in [6.45, 7) is 11.3. The number of para-hydroxylation sites is 2. The van der Waals surface area contributed by atoms with E-state index in [4.69, 9.17) is 28.8 Å². The summed E-state index contributed by atoms with van der Waals surface area (Å²) in [6, 6.07) is 14.3. The van der Waals surface area contributed by atoms with Gasteiger partial charge < -0.3 is 10.2 Å². The number of nitrogens with zero attached hydrogens (tertiary/aromatic N) is 2. The van der Waals surface area contributed by atoms with Gasteiger partial charge in [0.15, 0.2) is 0 Å². The minimum Gasteiger partial charge on any atom is -0.341 e. The summed E-state index contributed by atoms with van der Waals surface area (Å²) >= 11 is 12.5. The molecule has 0 aromatic heterocycles. The maximum Gasteiger partial charge on any atom is 0.202 e. The Balaban J connectivity index is 1.77. The van der Waals surface area contributed by atoms with E-state index in [-0.39, 0.29) is 5.54 Å². The first-order valence-corrected chi connectivity index (χ1v) is 11.9. The van der Waals surface area contributed by atoms with Crippen LogP contribution >= 0.6 is 23.8 Å². The number of anilines is 2. The van der Waals surface area contributed by atoms with Crippen molar-refractivity contribution in [1.29, 1.82) is 0 Å². The largest absolute Gasteiger partial charge is 0.341 e. The number of hydrogen-bond acceptors (Lipinski definition) is 2. The molecule has 0 unspecified atom stereocenters. The Morgan fingerprint density at radius 2 is 1.65 bits per heavy atom. The van der Waals surface area contributed by atoms with Crippen molar-refractivity contribution >= 4 is 46.1 Å². The van der Waals surface area contributed by atoms with Crippen LogP contribution in [0.15, 0.2) is 47.5 Å². The lowest BCUT2D eigenvalue weighted by Crippen LogP contribution is -2.56. The highest BCUT2D eigenvalue weighted by atomic mass is 35.5. The molecule has 1 aliphatic carbocycles. The Hall–Kier alpha value is -1.91. The molecule has 4 rings (SSSR count). The lowest BCUT2D eigenvalue weighted by Gasteiger charge is -2.47. The van der Waals surface area contributed by atoms with Crippen LogP contribution in [0.5, 0.6) is 0 Å². The third kappa shape index (κ3) is 4.01. The van der Waals surface area contributed by atoms with E-state index in [1.165, 1.54) is 11.1 Å². The topological polar surface area (TPSA) is 27.6 Å². The van der Waals surface area contributed by atoms with Gasteiger partial charge in [0.25, 0.3) is 0 Å². The molecule has 1 N–H and O–H groups in total. The monoisotopic (exact) mass is 453 g/mol. The summed E-state index contributed by atoms with van der Waals surface area (Å²) in [5.74, 6) is 1.64. The number of rotatable bonds is 2. The minimum absolute atomic E-state index is 0.293. The molecule has 1 fully saturated rings. The molecule has 1 aliphatic heterocycles. The standard InChI is InChI=1S/C26H32ClN3S/c1-17-9-8-10-18(2)22(17)28-23-26(15-13-19(14-16-26)25(3,4)5)30(24(31)29-23)21-12-7-6-11-20(21)27/h6-12,19H,13-16H2,1-5H3,(H,28,29,31). The number of thiocarbonyl (C=S) groups is 1. The van der Waals surface area contributed by atoms with Gasteiger partial charge in [-0.2, -0.15) is 0 Å². The summed E-state index contributed by atoms with van der Waals surface area (Å²) in [7, 11) is 0. The smallest absolute Gasteiger partial charge is 0.202 e. The second-order valence-electron chi connectivity index (χ2n) is 10.1. The predicted molar refractivity (Wildman–Crippen MR) is 138 cm³/mol. The molecule has 1 saturated carbocycles.